The minimum Gasteiger partial charge on any atom is -0.316 e. The molecule has 1 aliphatic rings. The average molecular weight is 259 g/mol. The van der Waals surface area contributed by atoms with Crippen LogP contribution in [0.4, 0.5) is 11.9 Å². The van der Waals surface area contributed by atoms with Gasteiger partial charge < -0.3 is 4.57 Å². The van der Waals surface area contributed by atoms with Crippen molar-refractivity contribution in [2.24, 2.45) is 0 Å². The van der Waals surface area contributed by atoms with Crippen LogP contribution in [-0.4, -0.2) is 26.1 Å². The molecule has 7 nitrogen and oxygen atoms in total. The van der Waals surface area contributed by atoms with Gasteiger partial charge in [-0.05, 0) is 13.8 Å². The summed E-state index contributed by atoms with van der Waals surface area (Å²) >= 11 is 0. The summed E-state index contributed by atoms with van der Waals surface area (Å²) in [5.41, 5.74) is 0.721. The summed E-state index contributed by atoms with van der Waals surface area (Å²) in [5.74, 6) is 0.931. The van der Waals surface area contributed by atoms with Crippen LogP contribution in [-0.2, 0) is 6.54 Å². The zero-order chi connectivity index (χ0) is 13.6. The Morgan fingerprint density at radius 2 is 2.00 bits per heavy atom. The number of aromatic amines is 1. The average Bonchev–Trinajstić information content (AvgIpc) is 2.76. The normalized spacial score (nSPS) is 13.7. The summed E-state index contributed by atoms with van der Waals surface area (Å²) in [6.07, 6.45) is 3.29. The minimum absolute atomic E-state index is 0.182. The lowest BCUT2D eigenvalue weighted by molar-refractivity contribution is 0.775. The molecule has 0 atom stereocenters. The second-order valence-corrected chi connectivity index (χ2v) is 4.59. The summed E-state index contributed by atoms with van der Waals surface area (Å²) in [6, 6.07) is 0. The molecule has 0 spiro atoms. The maximum absolute atomic E-state index is 11.6. The van der Waals surface area contributed by atoms with Crippen molar-refractivity contribution >= 4 is 11.9 Å². The Morgan fingerprint density at radius 3 is 2.74 bits per heavy atom. The highest BCUT2D eigenvalue weighted by atomic mass is 16.1. The molecule has 19 heavy (non-hydrogen) atoms. The van der Waals surface area contributed by atoms with Crippen LogP contribution in [0.1, 0.15) is 11.1 Å². The number of hydrogen-bond acceptors (Lipinski definition) is 5. The Labute approximate surface area is 108 Å². The Bertz CT molecular complexity index is 761. The Morgan fingerprint density at radius 1 is 1.21 bits per heavy atom. The van der Waals surface area contributed by atoms with Gasteiger partial charge in [-0.3, -0.25) is 19.5 Å². The number of fused-ring (bicyclic) bond motifs is 1. The Hall–Kier alpha value is -2.44. The smallest absolute Gasteiger partial charge is 0.277 e. The fraction of sp³-hybridized carbons (Fsp3) is 0.333. The number of nitrogens with zero attached hydrogens (tertiary/aromatic N) is 4. The molecule has 0 radical (unpaired) electrons. The lowest BCUT2D eigenvalue weighted by Crippen LogP contribution is -2.24. The molecule has 0 saturated carbocycles. The molecule has 3 heterocycles. The van der Waals surface area contributed by atoms with E-state index < -0.39 is 0 Å². The number of aryl methyl sites for hydroxylation is 2. The fourth-order valence-electron chi connectivity index (χ4n) is 2.06. The molecule has 0 saturated heterocycles. The molecular formula is C12H13N5O2. The van der Waals surface area contributed by atoms with Crippen LogP contribution >= 0.6 is 0 Å². The number of nitrogens with one attached hydrogen (secondary N) is 1. The standard InChI is InChI=1S/C12H13N5O2/c1-7-5-13-11(14-9(7)18)17-4-3-16-6-8(2)10(19)15-12(16)17/h5-6H,3-4H2,1-2H3,(H,13,14,18). The molecule has 1 aliphatic heterocycles. The predicted molar refractivity (Wildman–Crippen MR) is 69.8 cm³/mol. The highest BCUT2D eigenvalue weighted by Crippen LogP contribution is 2.23. The Balaban J connectivity index is 2.11. The first kappa shape index (κ1) is 11.6. The maximum Gasteiger partial charge on any atom is 0.277 e. The fourth-order valence-corrected chi connectivity index (χ4v) is 2.06. The van der Waals surface area contributed by atoms with E-state index >= 15 is 0 Å². The van der Waals surface area contributed by atoms with Crippen molar-refractivity contribution in [1.29, 1.82) is 0 Å². The van der Waals surface area contributed by atoms with Crippen LogP contribution in [0.15, 0.2) is 22.0 Å². The van der Waals surface area contributed by atoms with Gasteiger partial charge in [-0.25, -0.2) is 4.98 Å². The molecule has 0 bridgehead atoms. The highest BCUT2D eigenvalue weighted by molar-refractivity contribution is 5.50. The van der Waals surface area contributed by atoms with E-state index in [1.165, 1.54) is 6.20 Å². The predicted octanol–water partition coefficient (Wildman–Crippen LogP) is 0.0951. The van der Waals surface area contributed by atoms with Gasteiger partial charge in [0.25, 0.3) is 11.1 Å². The molecule has 7 heteroatoms. The second kappa shape index (κ2) is 4.04. The van der Waals surface area contributed by atoms with Gasteiger partial charge in [0.2, 0.25) is 11.9 Å². The monoisotopic (exact) mass is 259 g/mol. The number of hydrogen-bond donors (Lipinski definition) is 1. The van der Waals surface area contributed by atoms with E-state index in [1.54, 1.807) is 24.9 Å². The SMILES string of the molecule is Cc1cn2c(nc1=O)N(c1ncc(C)c(=O)[nH]1)CC2. The van der Waals surface area contributed by atoms with Gasteiger partial charge in [-0.1, -0.05) is 0 Å². The largest absolute Gasteiger partial charge is 0.316 e. The molecule has 3 rings (SSSR count). The highest BCUT2D eigenvalue weighted by Gasteiger charge is 2.23. The number of H-pyrrole nitrogens is 1. The summed E-state index contributed by atoms with van der Waals surface area (Å²) in [4.78, 5) is 35.9. The zero-order valence-corrected chi connectivity index (χ0v) is 10.7. The van der Waals surface area contributed by atoms with Gasteiger partial charge in [0, 0.05) is 36.6 Å². The van der Waals surface area contributed by atoms with Gasteiger partial charge in [0.15, 0.2) is 0 Å². The lowest BCUT2D eigenvalue weighted by atomic mass is 10.4. The topological polar surface area (TPSA) is 83.9 Å². The summed E-state index contributed by atoms with van der Waals surface area (Å²) < 4.78 is 1.89. The van der Waals surface area contributed by atoms with Gasteiger partial charge in [-0.15, -0.1) is 0 Å². The second-order valence-electron chi connectivity index (χ2n) is 4.59. The first-order valence-electron chi connectivity index (χ1n) is 5.98. The van der Waals surface area contributed by atoms with Crippen molar-refractivity contribution in [2.45, 2.75) is 20.4 Å². The lowest BCUT2D eigenvalue weighted by Gasteiger charge is -2.15. The van der Waals surface area contributed by atoms with Crippen molar-refractivity contribution in [3.8, 4) is 0 Å². The van der Waals surface area contributed by atoms with E-state index in [1.807, 2.05) is 4.57 Å². The van der Waals surface area contributed by atoms with Crippen LogP contribution in [0.3, 0.4) is 0 Å². The Kier molecular flexibility index (Phi) is 2.48. The van der Waals surface area contributed by atoms with E-state index in [0.29, 0.717) is 36.1 Å². The van der Waals surface area contributed by atoms with Crippen molar-refractivity contribution in [1.82, 2.24) is 19.5 Å². The van der Waals surface area contributed by atoms with E-state index in [-0.39, 0.29) is 11.1 Å². The van der Waals surface area contributed by atoms with E-state index in [0.717, 1.165) is 0 Å². The number of anilines is 2. The van der Waals surface area contributed by atoms with Crippen LogP contribution in [0.5, 0.6) is 0 Å². The molecule has 0 aliphatic carbocycles. The first-order valence-corrected chi connectivity index (χ1v) is 5.98. The summed E-state index contributed by atoms with van der Waals surface area (Å²) in [5, 5.41) is 0. The molecule has 2 aromatic heterocycles. The first-order chi connectivity index (χ1) is 9.06. The minimum atomic E-state index is -0.257. The van der Waals surface area contributed by atoms with E-state index in [4.69, 9.17) is 0 Å². The van der Waals surface area contributed by atoms with E-state index in [9.17, 15) is 9.59 Å². The van der Waals surface area contributed by atoms with Crippen LogP contribution in [0, 0.1) is 13.8 Å². The third-order valence-corrected chi connectivity index (χ3v) is 3.17. The van der Waals surface area contributed by atoms with Gasteiger partial charge >= 0.3 is 0 Å². The van der Waals surface area contributed by atoms with Gasteiger partial charge in [-0.2, -0.15) is 4.98 Å². The molecule has 0 aromatic carbocycles. The van der Waals surface area contributed by atoms with Gasteiger partial charge in [0.05, 0.1) is 0 Å². The molecule has 2 aromatic rings. The molecule has 0 fully saturated rings. The molecule has 0 amide bonds. The molecule has 1 N–H and O–H groups in total. The van der Waals surface area contributed by atoms with Crippen molar-refractivity contribution in [3.63, 3.8) is 0 Å². The third kappa shape index (κ3) is 1.83. The third-order valence-electron chi connectivity index (χ3n) is 3.17. The van der Waals surface area contributed by atoms with Gasteiger partial charge in [0.1, 0.15) is 0 Å². The van der Waals surface area contributed by atoms with Crippen molar-refractivity contribution < 1.29 is 0 Å². The van der Waals surface area contributed by atoms with Crippen molar-refractivity contribution in [3.05, 3.63) is 44.2 Å². The van der Waals surface area contributed by atoms with Crippen LogP contribution < -0.4 is 16.0 Å². The summed E-state index contributed by atoms with van der Waals surface area (Å²) in [7, 11) is 0. The van der Waals surface area contributed by atoms with E-state index in [2.05, 4.69) is 15.0 Å². The number of aromatic nitrogens is 4. The van der Waals surface area contributed by atoms with Crippen LogP contribution in [0.2, 0.25) is 0 Å². The van der Waals surface area contributed by atoms with Crippen LogP contribution in [0.25, 0.3) is 0 Å². The van der Waals surface area contributed by atoms with Crippen molar-refractivity contribution in [2.75, 3.05) is 11.4 Å². The summed E-state index contributed by atoms with van der Waals surface area (Å²) in [6.45, 7) is 4.76. The zero-order valence-electron chi connectivity index (χ0n) is 10.7. The quantitative estimate of drug-likeness (QED) is 0.785. The molecule has 0 unspecified atom stereocenters. The maximum atomic E-state index is 11.6. The molecule has 98 valence electrons. The number of rotatable bonds is 1. The molecular weight excluding hydrogens is 246 g/mol.